The van der Waals surface area contributed by atoms with Gasteiger partial charge in [0.1, 0.15) is 22.7 Å². The van der Waals surface area contributed by atoms with E-state index in [1.807, 2.05) is 0 Å². The topological polar surface area (TPSA) is 52.8 Å². The van der Waals surface area contributed by atoms with Gasteiger partial charge in [-0.2, -0.15) is 0 Å². The van der Waals surface area contributed by atoms with Gasteiger partial charge in [0.15, 0.2) is 0 Å². The highest BCUT2D eigenvalue weighted by atomic mass is 28.4. The first-order valence-electron chi connectivity index (χ1n) is 4.37. The van der Waals surface area contributed by atoms with Crippen molar-refractivity contribution in [2.75, 3.05) is 26.4 Å². The molecule has 7 heteroatoms. The molecule has 0 amide bonds. The summed E-state index contributed by atoms with van der Waals surface area (Å²) in [6, 6.07) is 0. The van der Waals surface area contributed by atoms with Crippen molar-refractivity contribution in [2.24, 2.45) is 0 Å². The third kappa shape index (κ3) is 3.85. The highest BCUT2D eigenvalue weighted by molar-refractivity contribution is 6.42. The maximum Gasteiger partial charge on any atom is 0.473 e. The predicted octanol–water partition coefficient (Wildman–Crippen LogP) is -2.17. The van der Waals surface area contributed by atoms with E-state index >= 15 is 0 Å². The van der Waals surface area contributed by atoms with Gasteiger partial charge in [-0.25, -0.2) is 0 Å². The molecule has 2 saturated heterocycles. The minimum Gasteiger partial charge on any atom is -0.427 e. The molecule has 2 aliphatic heterocycles. The van der Waals surface area contributed by atoms with Gasteiger partial charge in [0.25, 0.3) is 0 Å². The van der Waals surface area contributed by atoms with Crippen LogP contribution >= 0.6 is 0 Å². The van der Waals surface area contributed by atoms with Gasteiger partial charge < -0.3 is 22.4 Å². The molecule has 0 aliphatic carbocycles. The van der Waals surface area contributed by atoms with Crippen LogP contribution in [0, 0.1) is 0 Å². The van der Waals surface area contributed by atoms with E-state index in [2.05, 4.69) is 0 Å². The van der Waals surface area contributed by atoms with Crippen LogP contribution in [0.2, 0.25) is 0 Å². The summed E-state index contributed by atoms with van der Waals surface area (Å²) in [5.74, 6) is 0. The minimum absolute atomic E-state index is 0.285. The van der Waals surface area contributed by atoms with E-state index in [0.717, 1.165) is 13.2 Å². The van der Waals surface area contributed by atoms with Crippen LogP contribution in [-0.2, 0) is 22.4 Å². The predicted molar refractivity (Wildman–Crippen MR) is 49.6 cm³/mol. The maximum absolute atomic E-state index is 5.44. The van der Waals surface area contributed by atoms with Crippen molar-refractivity contribution in [2.45, 2.75) is 12.2 Å². The van der Waals surface area contributed by atoms with Gasteiger partial charge in [0, 0.05) is 0 Å². The monoisotopic (exact) mass is 222 g/mol. The van der Waals surface area contributed by atoms with Crippen molar-refractivity contribution in [3.63, 3.8) is 0 Å². The molecule has 0 radical (unpaired) electrons. The Balaban J connectivity index is 1.53. The van der Waals surface area contributed by atoms with Crippen LogP contribution in [0.15, 0.2) is 0 Å². The maximum atomic E-state index is 5.44. The molecule has 0 bridgehead atoms. The molecule has 2 aliphatic rings. The molecule has 0 aromatic rings. The Hall–Kier alpha value is 0.234. The Bertz CT molecular complexity index is 145. The fraction of sp³-hybridized carbons (Fsp3) is 1.00. The summed E-state index contributed by atoms with van der Waals surface area (Å²) in [5, 5.41) is 0. The van der Waals surface area contributed by atoms with Gasteiger partial charge in [-0.1, -0.05) is 0 Å². The third-order valence-corrected chi connectivity index (χ3v) is 4.30. The molecule has 13 heavy (non-hydrogen) atoms. The van der Waals surface area contributed by atoms with Crippen LogP contribution in [0.1, 0.15) is 0 Å². The van der Waals surface area contributed by atoms with Crippen molar-refractivity contribution in [3.05, 3.63) is 0 Å². The first-order valence-corrected chi connectivity index (χ1v) is 6.61. The Morgan fingerprint density at radius 1 is 1.15 bits per heavy atom. The Kier molecular flexibility index (Phi) is 3.49. The zero-order valence-electron chi connectivity index (χ0n) is 7.60. The molecule has 2 fully saturated rings. The number of ether oxygens (including phenoxy) is 2. The van der Waals surface area contributed by atoms with Crippen molar-refractivity contribution < 1.29 is 22.4 Å². The molecule has 0 saturated carbocycles. The van der Waals surface area contributed by atoms with Crippen LogP contribution in [0.5, 0.6) is 0 Å². The average Bonchev–Trinajstić information content (AvgIpc) is 3.01. The summed E-state index contributed by atoms with van der Waals surface area (Å²) in [6.45, 7) is 2.86. The van der Waals surface area contributed by atoms with Crippen molar-refractivity contribution >= 4 is 20.0 Å². The third-order valence-electron chi connectivity index (χ3n) is 1.83. The first-order chi connectivity index (χ1) is 6.38. The summed E-state index contributed by atoms with van der Waals surface area (Å²) in [5.41, 5.74) is 0. The van der Waals surface area contributed by atoms with Crippen LogP contribution in [0.3, 0.4) is 0 Å². The number of rotatable bonds is 7. The zero-order valence-corrected chi connectivity index (χ0v) is 10.8. The first kappa shape index (κ1) is 9.78. The quantitative estimate of drug-likeness (QED) is 0.362. The molecule has 0 aromatic carbocycles. The second kappa shape index (κ2) is 4.64. The standard InChI is InChI=1S/C6H14O5Si2/c12-11-13(9-3-5-1-7-5)10-4-6-2-8-6/h5-6,13H,1-4H2,12H3. The van der Waals surface area contributed by atoms with Crippen LogP contribution in [0.4, 0.5) is 0 Å². The molecule has 0 N–H and O–H groups in total. The van der Waals surface area contributed by atoms with Crippen molar-refractivity contribution in [3.8, 4) is 0 Å². The summed E-state index contributed by atoms with van der Waals surface area (Å²) in [4.78, 5) is 0. The van der Waals surface area contributed by atoms with E-state index in [9.17, 15) is 0 Å². The van der Waals surface area contributed by atoms with E-state index in [1.165, 1.54) is 0 Å². The Morgan fingerprint density at radius 3 is 1.92 bits per heavy atom. The van der Waals surface area contributed by atoms with E-state index in [4.69, 9.17) is 22.4 Å². The van der Waals surface area contributed by atoms with Gasteiger partial charge in [0.2, 0.25) is 0 Å². The Morgan fingerprint density at radius 2 is 1.62 bits per heavy atom. The molecule has 2 atom stereocenters. The Labute approximate surface area is 81.8 Å². The molecule has 0 aromatic heterocycles. The lowest BCUT2D eigenvalue weighted by Crippen LogP contribution is -2.29. The van der Waals surface area contributed by atoms with Crippen LogP contribution in [0.25, 0.3) is 0 Å². The van der Waals surface area contributed by atoms with Crippen molar-refractivity contribution in [1.82, 2.24) is 0 Å². The highest BCUT2D eigenvalue weighted by Gasteiger charge is 2.28. The van der Waals surface area contributed by atoms with Gasteiger partial charge in [0.05, 0.1) is 26.4 Å². The number of hydrogen-bond donors (Lipinski definition) is 0. The lowest BCUT2D eigenvalue weighted by Gasteiger charge is -2.13. The van der Waals surface area contributed by atoms with Crippen LogP contribution < -0.4 is 0 Å². The molecule has 0 spiro atoms. The van der Waals surface area contributed by atoms with E-state index in [-0.39, 0.29) is 12.2 Å². The fourth-order valence-electron chi connectivity index (χ4n) is 0.885. The fourth-order valence-corrected chi connectivity index (χ4v) is 2.81. The van der Waals surface area contributed by atoms with Crippen molar-refractivity contribution in [1.29, 1.82) is 0 Å². The second-order valence-electron chi connectivity index (χ2n) is 3.10. The molecule has 76 valence electrons. The largest absolute Gasteiger partial charge is 0.473 e. The lowest BCUT2D eigenvalue weighted by atomic mass is 10.5. The van der Waals surface area contributed by atoms with Gasteiger partial charge in [-0.15, -0.1) is 0 Å². The summed E-state index contributed by atoms with van der Waals surface area (Å²) in [7, 11) is -1.18. The average molecular weight is 222 g/mol. The second-order valence-corrected chi connectivity index (χ2v) is 6.23. The number of epoxide rings is 2. The highest BCUT2D eigenvalue weighted by Crippen LogP contribution is 2.11. The molecule has 2 unspecified atom stereocenters. The number of hydrogen-bond acceptors (Lipinski definition) is 5. The van der Waals surface area contributed by atoms with Gasteiger partial charge in [-0.05, 0) is 0 Å². The molecule has 2 heterocycles. The minimum atomic E-state index is -1.84. The van der Waals surface area contributed by atoms with Gasteiger partial charge in [-0.3, -0.25) is 0 Å². The molecule has 5 nitrogen and oxygen atoms in total. The molecular formula is C6H14O5Si2. The summed E-state index contributed by atoms with van der Waals surface area (Å²) in [6.07, 6.45) is 0.570. The molecular weight excluding hydrogens is 208 g/mol. The molecule has 2 rings (SSSR count). The van der Waals surface area contributed by atoms with Gasteiger partial charge >= 0.3 is 9.53 Å². The van der Waals surface area contributed by atoms with Crippen LogP contribution in [-0.4, -0.2) is 58.6 Å². The normalized spacial score (nSPS) is 33.2. The lowest BCUT2D eigenvalue weighted by molar-refractivity contribution is 0.124. The van der Waals surface area contributed by atoms with E-state index in [0.29, 0.717) is 23.7 Å². The summed E-state index contributed by atoms with van der Waals surface area (Å²) >= 11 is 0. The smallest absolute Gasteiger partial charge is 0.427 e. The van der Waals surface area contributed by atoms with E-state index < -0.39 is 9.53 Å². The SMILES string of the molecule is [SiH3]O[SiH](OCC1CO1)OCC1CO1. The summed E-state index contributed by atoms with van der Waals surface area (Å²) < 4.78 is 26.1. The zero-order chi connectivity index (χ0) is 9.10. The van der Waals surface area contributed by atoms with E-state index in [1.54, 1.807) is 0 Å².